The van der Waals surface area contributed by atoms with Gasteiger partial charge in [0.05, 0.1) is 18.2 Å². The third-order valence-electron chi connectivity index (χ3n) is 5.52. The second kappa shape index (κ2) is 9.11. The molecule has 0 atom stereocenters. The molecule has 5 rings (SSSR count). The summed E-state index contributed by atoms with van der Waals surface area (Å²) in [5.74, 6) is 1.02. The molecule has 8 heteroatoms. The average molecular weight is 464 g/mol. The Hall–Kier alpha value is -4.98. The molecular weight excluding hydrogens is 444 g/mol. The van der Waals surface area contributed by atoms with Crippen molar-refractivity contribution in [3.05, 3.63) is 96.3 Å². The van der Waals surface area contributed by atoms with Gasteiger partial charge in [-0.2, -0.15) is 0 Å². The fourth-order valence-corrected chi connectivity index (χ4v) is 3.87. The Kier molecular flexibility index (Phi) is 5.68. The normalized spacial score (nSPS) is 10.8. The molecule has 172 valence electrons. The number of primary amides is 1. The molecule has 5 aromatic rings. The van der Waals surface area contributed by atoms with Crippen LogP contribution in [0.25, 0.3) is 21.7 Å². The molecule has 35 heavy (non-hydrogen) atoms. The smallest absolute Gasteiger partial charge is 0.257 e. The van der Waals surface area contributed by atoms with Crippen molar-refractivity contribution in [1.82, 2.24) is 9.97 Å². The number of pyridine rings is 2. The number of hydrogen-bond donors (Lipinski definition) is 2. The van der Waals surface area contributed by atoms with E-state index in [9.17, 15) is 9.59 Å². The van der Waals surface area contributed by atoms with Crippen LogP contribution in [0.2, 0.25) is 0 Å². The molecule has 3 N–H and O–H groups in total. The number of anilines is 1. The standard InChI is InChI=1S/C27H20N4O4/c1-34-24-15-22-20(14-21(24)26(28)32)23(10-12-29-22)35-17-8-9-18-16(13-17)5-4-6-19(18)27(33)31-25-7-2-3-11-30-25/h2-15H,1H3,(H2,28,32)(H,30,31,33). The van der Waals surface area contributed by atoms with Gasteiger partial charge in [-0.3, -0.25) is 14.6 Å². The second-order valence-corrected chi connectivity index (χ2v) is 7.70. The number of rotatable bonds is 6. The Labute approximate surface area is 200 Å². The van der Waals surface area contributed by atoms with Gasteiger partial charge in [-0.15, -0.1) is 0 Å². The lowest BCUT2D eigenvalue weighted by molar-refractivity contribution is 0.0995. The topological polar surface area (TPSA) is 116 Å². The molecule has 0 fully saturated rings. The average Bonchev–Trinajstić information content (AvgIpc) is 2.88. The van der Waals surface area contributed by atoms with Crippen molar-refractivity contribution >= 4 is 39.3 Å². The number of amides is 2. The maximum atomic E-state index is 12.9. The van der Waals surface area contributed by atoms with E-state index >= 15 is 0 Å². The van der Waals surface area contributed by atoms with E-state index in [1.165, 1.54) is 7.11 Å². The molecule has 0 aliphatic heterocycles. The van der Waals surface area contributed by atoms with Gasteiger partial charge in [0.15, 0.2) is 0 Å². The van der Waals surface area contributed by atoms with Crippen LogP contribution in [0, 0.1) is 0 Å². The van der Waals surface area contributed by atoms with Crippen molar-refractivity contribution in [1.29, 1.82) is 0 Å². The zero-order valence-electron chi connectivity index (χ0n) is 18.7. The Bertz CT molecular complexity index is 1590. The van der Waals surface area contributed by atoms with Crippen molar-refractivity contribution in [2.24, 2.45) is 5.73 Å². The number of hydrogen-bond acceptors (Lipinski definition) is 6. The first kappa shape index (κ1) is 21.8. The summed E-state index contributed by atoms with van der Waals surface area (Å²) in [6.07, 6.45) is 3.23. The molecule has 0 radical (unpaired) electrons. The highest BCUT2D eigenvalue weighted by molar-refractivity contribution is 6.12. The lowest BCUT2D eigenvalue weighted by Gasteiger charge is -2.13. The molecule has 0 aliphatic carbocycles. The maximum absolute atomic E-state index is 12.9. The van der Waals surface area contributed by atoms with Gasteiger partial charge in [0.1, 0.15) is 23.1 Å². The predicted molar refractivity (Wildman–Crippen MR) is 133 cm³/mol. The number of carbonyl (C=O) groups is 2. The molecule has 0 saturated carbocycles. The van der Waals surface area contributed by atoms with Crippen LogP contribution < -0.4 is 20.5 Å². The molecule has 0 bridgehead atoms. The second-order valence-electron chi connectivity index (χ2n) is 7.70. The summed E-state index contributed by atoms with van der Waals surface area (Å²) in [7, 11) is 1.47. The number of ether oxygens (including phenoxy) is 2. The van der Waals surface area contributed by atoms with Gasteiger partial charge < -0.3 is 20.5 Å². The van der Waals surface area contributed by atoms with Crippen LogP contribution in [0.4, 0.5) is 5.82 Å². The third-order valence-corrected chi connectivity index (χ3v) is 5.52. The summed E-state index contributed by atoms with van der Waals surface area (Å²) in [4.78, 5) is 33.2. The zero-order valence-corrected chi connectivity index (χ0v) is 18.7. The minimum atomic E-state index is -0.610. The summed E-state index contributed by atoms with van der Waals surface area (Å²) in [5.41, 5.74) is 6.87. The van der Waals surface area contributed by atoms with E-state index in [4.69, 9.17) is 15.2 Å². The Balaban J connectivity index is 1.49. The van der Waals surface area contributed by atoms with Crippen LogP contribution in [-0.2, 0) is 0 Å². The van der Waals surface area contributed by atoms with Gasteiger partial charge in [-0.05, 0) is 59.3 Å². The van der Waals surface area contributed by atoms with Gasteiger partial charge in [0.2, 0.25) is 0 Å². The highest BCUT2D eigenvalue weighted by atomic mass is 16.5. The van der Waals surface area contributed by atoms with Crippen LogP contribution in [0.1, 0.15) is 20.7 Å². The highest BCUT2D eigenvalue weighted by Gasteiger charge is 2.15. The van der Waals surface area contributed by atoms with Crippen LogP contribution in [0.5, 0.6) is 17.2 Å². The first-order valence-electron chi connectivity index (χ1n) is 10.7. The number of nitrogens with one attached hydrogen (secondary N) is 1. The van der Waals surface area contributed by atoms with Gasteiger partial charge in [0, 0.05) is 29.4 Å². The Morgan fingerprint density at radius 2 is 1.71 bits per heavy atom. The lowest BCUT2D eigenvalue weighted by Crippen LogP contribution is -2.13. The van der Waals surface area contributed by atoms with Crippen LogP contribution in [0.3, 0.4) is 0 Å². The summed E-state index contributed by atoms with van der Waals surface area (Å²) in [6.45, 7) is 0. The number of nitrogens with zero attached hydrogens (tertiary/aromatic N) is 2. The fourth-order valence-electron chi connectivity index (χ4n) is 3.87. The van der Waals surface area contributed by atoms with Crippen LogP contribution >= 0.6 is 0 Å². The molecule has 0 aliphatic rings. The largest absolute Gasteiger partial charge is 0.496 e. The molecular formula is C27H20N4O4. The van der Waals surface area contributed by atoms with Crippen molar-refractivity contribution < 1.29 is 19.1 Å². The monoisotopic (exact) mass is 464 g/mol. The van der Waals surface area contributed by atoms with Gasteiger partial charge in [-0.1, -0.05) is 18.2 Å². The van der Waals surface area contributed by atoms with Gasteiger partial charge in [0.25, 0.3) is 11.8 Å². The van der Waals surface area contributed by atoms with E-state index in [-0.39, 0.29) is 11.5 Å². The molecule has 0 unspecified atom stereocenters. The van der Waals surface area contributed by atoms with E-state index in [0.29, 0.717) is 39.5 Å². The van der Waals surface area contributed by atoms with Crippen molar-refractivity contribution in [3.8, 4) is 17.2 Å². The number of fused-ring (bicyclic) bond motifs is 2. The summed E-state index contributed by atoms with van der Waals surface area (Å²) >= 11 is 0. The van der Waals surface area contributed by atoms with E-state index in [2.05, 4.69) is 15.3 Å². The van der Waals surface area contributed by atoms with Crippen LogP contribution in [0.15, 0.2) is 85.2 Å². The zero-order chi connectivity index (χ0) is 24.4. The molecule has 8 nitrogen and oxygen atoms in total. The fraction of sp³-hybridized carbons (Fsp3) is 0.0370. The molecule has 0 saturated heterocycles. The van der Waals surface area contributed by atoms with E-state index in [1.807, 2.05) is 24.3 Å². The minimum Gasteiger partial charge on any atom is -0.496 e. The first-order chi connectivity index (χ1) is 17.0. The summed E-state index contributed by atoms with van der Waals surface area (Å²) in [6, 6.07) is 21.2. The molecule has 0 spiro atoms. The molecule has 2 heterocycles. The maximum Gasteiger partial charge on any atom is 0.257 e. The van der Waals surface area contributed by atoms with Gasteiger partial charge >= 0.3 is 0 Å². The highest BCUT2D eigenvalue weighted by Crippen LogP contribution is 2.34. The number of aromatic nitrogens is 2. The molecule has 2 aromatic heterocycles. The Morgan fingerprint density at radius 3 is 2.49 bits per heavy atom. The van der Waals surface area contributed by atoms with Crippen molar-refractivity contribution in [3.63, 3.8) is 0 Å². The molecule has 2 amide bonds. The number of methoxy groups -OCH3 is 1. The van der Waals surface area contributed by atoms with Crippen LogP contribution in [-0.4, -0.2) is 28.9 Å². The number of benzene rings is 3. The molecule has 3 aromatic carbocycles. The van der Waals surface area contributed by atoms with Crippen molar-refractivity contribution in [2.75, 3.05) is 12.4 Å². The van der Waals surface area contributed by atoms with E-state index in [0.717, 1.165) is 10.8 Å². The number of carbonyl (C=O) groups excluding carboxylic acids is 2. The predicted octanol–water partition coefficient (Wildman–Crippen LogP) is 4.94. The quantitative estimate of drug-likeness (QED) is 0.368. The summed E-state index contributed by atoms with van der Waals surface area (Å²) < 4.78 is 11.4. The number of nitrogens with two attached hydrogens (primary N) is 1. The minimum absolute atomic E-state index is 0.236. The van der Waals surface area contributed by atoms with E-state index < -0.39 is 5.91 Å². The SMILES string of the molecule is COc1cc2nccc(Oc3ccc4c(C(=O)Nc5ccccn5)cccc4c3)c2cc1C(N)=O. The first-order valence-corrected chi connectivity index (χ1v) is 10.7. The van der Waals surface area contributed by atoms with E-state index in [1.54, 1.807) is 60.9 Å². The lowest BCUT2D eigenvalue weighted by atomic mass is 10.0. The van der Waals surface area contributed by atoms with Crippen molar-refractivity contribution in [2.45, 2.75) is 0 Å². The summed E-state index contributed by atoms with van der Waals surface area (Å²) in [5, 5.41) is 5.03. The Morgan fingerprint density at radius 1 is 0.829 bits per heavy atom. The van der Waals surface area contributed by atoms with Gasteiger partial charge in [-0.25, -0.2) is 4.98 Å². The third kappa shape index (κ3) is 4.32.